The van der Waals surface area contributed by atoms with Gasteiger partial charge in [0.1, 0.15) is 0 Å². The molecule has 4 rings (SSSR count). The Hall–Kier alpha value is -2.55. The predicted octanol–water partition coefficient (Wildman–Crippen LogP) is 5.75. The predicted molar refractivity (Wildman–Crippen MR) is 133 cm³/mol. The zero-order valence-electron chi connectivity index (χ0n) is 19.0. The maximum absolute atomic E-state index is 12.9. The molecule has 33 heavy (non-hydrogen) atoms. The molecule has 0 spiro atoms. The first-order valence-corrected chi connectivity index (χ1v) is 13.6. The van der Waals surface area contributed by atoms with Crippen LogP contribution in [0.2, 0.25) is 0 Å². The van der Waals surface area contributed by atoms with Crippen molar-refractivity contribution >= 4 is 32.4 Å². The van der Waals surface area contributed by atoms with E-state index >= 15 is 0 Å². The maximum atomic E-state index is 12.9. The number of carbonyl (C=O) groups is 1. The second-order valence-corrected chi connectivity index (χ2v) is 11.4. The van der Waals surface area contributed by atoms with Crippen LogP contribution < -0.4 is 5.32 Å². The van der Waals surface area contributed by atoms with E-state index in [1.807, 2.05) is 17.5 Å². The van der Waals surface area contributed by atoms with Crippen LogP contribution in [0.4, 0.5) is 5.13 Å². The van der Waals surface area contributed by atoms with Crippen LogP contribution in [0.3, 0.4) is 0 Å². The van der Waals surface area contributed by atoms with Gasteiger partial charge in [-0.3, -0.25) is 10.1 Å². The summed E-state index contributed by atoms with van der Waals surface area (Å²) in [6.45, 7) is 5.42. The quantitative estimate of drug-likeness (QED) is 0.484. The molecule has 1 amide bonds. The van der Waals surface area contributed by atoms with E-state index in [1.165, 1.54) is 29.0 Å². The number of hydrogen-bond acceptors (Lipinski definition) is 5. The minimum Gasteiger partial charge on any atom is -0.298 e. The van der Waals surface area contributed by atoms with Crippen LogP contribution in [0.1, 0.15) is 61.4 Å². The van der Waals surface area contributed by atoms with Crippen molar-refractivity contribution in [3.8, 4) is 11.3 Å². The van der Waals surface area contributed by atoms with E-state index in [-0.39, 0.29) is 10.8 Å². The van der Waals surface area contributed by atoms with Gasteiger partial charge in [0.25, 0.3) is 5.91 Å². The van der Waals surface area contributed by atoms with Crippen LogP contribution in [-0.4, -0.2) is 36.7 Å². The van der Waals surface area contributed by atoms with Crippen LogP contribution in [0.25, 0.3) is 11.3 Å². The summed E-state index contributed by atoms with van der Waals surface area (Å²) in [6, 6.07) is 14.4. The van der Waals surface area contributed by atoms with Crippen LogP contribution in [0, 0.1) is 0 Å². The topological polar surface area (TPSA) is 79.4 Å². The molecule has 8 heteroatoms. The highest BCUT2D eigenvalue weighted by Gasteiger charge is 2.25. The average molecular weight is 484 g/mol. The Morgan fingerprint density at radius 3 is 2.21 bits per heavy atom. The molecule has 0 radical (unpaired) electrons. The average Bonchev–Trinajstić information content (AvgIpc) is 3.10. The molecule has 1 fully saturated rings. The molecule has 3 aromatic rings. The van der Waals surface area contributed by atoms with Gasteiger partial charge in [-0.1, -0.05) is 51.0 Å². The van der Waals surface area contributed by atoms with Gasteiger partial charge in [0.2, 0.25) is 10.0 Å². The van der Waals surface area contributed by atoms with E-state index in [9.17, 15) is 13.2 Å². The van der Waals surface area contributed by atoms with Gasteiger partial charge in [0.15, 0.2) is 5.13 Å². The Labute approximate surface area is 199 Å². The first kappa shape index (κ1) is 23.6. The van der Waals surface area contributed by atoms with Gasteiger partial charge < -0.3 is 0 Å². The molecule has 1 aliphatic rings. The zero-order valence-corrected chi connectivity index (χ0v) is 20.6. The molecule has 0 aliphatic carbocycles. The smallest absolute Gasteiger partial charge is 0.257 e. The lowest BCUT2D eigenvalue weighted by atomic mass is 10.0. The third kappa shape index (κ3) is 5.51. The Kier molecular flexibility index (Phi) is 7.26. The molecule has 174 valence electrons. The minimum absolute atomic E-state index is 0.224. The maximum Gasteiger partial charge on any atom is 0.257 e. The second-order valence-electron chi connectivity index (χ2n) is 8.61. The molecule has 1 saturated heterocycles. The van der Waals surface area contributed by atoms with E-state index in [2.05, 4.69) is 36.3 Å². The van der Waals surface area contributed by atoms with Crippen LogP contribution in [0.15, 0.2) is 58.8 Å². The number of nitrogens with one attached hydrogen (secondary N) is 1. The monoisotopic (exact) mass is 483 g/mol. The van der Waals surface area contributed by atoms with Crippen molar-refractivity contribution in [3.05, 3.63) is 65.0 Å². The lowest BCUT2D eigenvalue weighted by Crippen LogP contribution is -2.31. The first-order chi connectivity index (χ1) is 15.8. The van der Waals surface area contributed by atoms with Crippen LogP contribution >= 0.6 is 11.3 Å². The van der Waals surface area contributed by atoms with Gasteiger partial charge in [-0.15, -0.1) is 11.3 Å². The van der Waals surface area contributed by atoms with Crippen molar-refractivity contribution in [1.29, 1.82) is 0 Å². The Morgan fingerprint density at radius 2 is 1.61 bits per heavy atom. The number of nitrogens with zero attached hydrogens (tertiary/aromatic N) is 2. The summed E-state index contributed by atoms with van der Waals surface area (Å²) in [6.07, 6.45) is 3.90. The van der Waals surface area contributed by atoms with Crippen LogP contribution in [-0.2, 0) is 10.0 Å². The summed E-state index contributed by atoms with van der Waals surface area (Å²) in [7, 11) is -3.53. The summed E-state index contributed by atoms with van der Waals surface area (Å²) < 4.78 is 27.4. The molecule has 2 heterocycles. The highest BCUT2D eigenvalue weighted by atomic mass is 32.2. The van der Waals surface area contributed by atoms with Crippen molar-refractivity contribution in [2.24, 2.45) is 0 Å². The number of thiazole rings is 1. The number of aromatic nitrogens is 1. The van der Waals surface area contributed by atoms with E-state index in [0.717, 1.165) is 36.9 Å². The van der Waals surface area contributed by atoms with Gasteiger partial charge in [0.05, 0.1) is 10.6 Å². The molecule has 1 N–H and O–H groups in total. The second kappa shape index (κ2) is 10.2. The molecule has 6 nitrogen and oxygen atoms in total. The number of anilines is 1. The Balaban J connectivity index is 1.43. The van der Waals surface area contributed by atoms with E-state index in [0.29, 0.717) is 29.7 Å². The van der Waals surface area contributed by atoms with Crippen molar-refractivity contribution in [1.82, 2.24) is 9.29 Å². The number of rotatable bonds is 6. The summed E-state index contributed by atoms with van der Waals surface area (Å²) >= 11 is 1.36. The van der Waals surface area contributed by atoms with Crippen molar-refractivity contribution in [2.75, 3.05) is 18.4 Å². The molecular weight excluding hydrogens is 454 g/mol. The Morgan fingerprint density at radius 1 is 0.970 bits per heavy atom. The molecule has 0 bridgehead atoms. The van der Waals surface area contributed by atoms with Gasteiger partial charge >= 0.3 is 0 Å². The van der Waals surface area contributed by atoms with E-state index < -0.39 is 10.0 Å². The summed E-state index contributed by atoms with van der Waals surface area (Å²) in [5.41, 5.74) is 3.47. The molecule has 0 unspecified atom stereocenters. The lowest BCUT2D eigenvalue weighted by molar-refractivity contribution is 0.102. The molecular formula is C25H29N3O3S2. The third-order valence-electron chi connectivity index (χ3n) is 5.92. The molecule has 2 aromatic carbocycles. The normalized spacial score (nSPS) is 15.4. The summed E-state index contributed by atoms with van der Waals surface area (Å²) in [5, 5.41) is 5.23. The molecule has 1 aromatic heterocycles. The zero-order chi connectivity index (χ0) is 23.4. The standard InChI is InChI=1S/C25H29N3O3S2/c1-18(2)19-7-9-20(10-8-19)23-17-32-25(26-23)27-24(29)21-11-13-22(14-12-21)33(30,31)28-15-5-3-4-6-16-28/h7-14,17-18H,3-6,15-16H2,1-2H3,(H,26,27,29). The van der Waals surface area contributed by atoms with Gasteiger partial charge in [0, 0.05) is 29.6 Å². The molecule has 0 saturated carbocycles. The van der Waals surface area contributed by atoms with Crippen molar-refractivity contribution in [3.63, 3.8) is 0 Å². The largest absolute Gasteiger partial charge is 0.298 e. The summed E-state index contributed by atoms with van der Waals surface area (Å²) in [4.78, 5) is 17.4. The third-order valence-corrected chi connectivity index (χ3v) is 8.59. The van der Waals surface area contributed by atoms with Gasteiger partial charge in [-0.05, 0) is 48.6 Å². The SMILES string of the molecule is CC(C)c1ccc(-c2csc(NC(=O)c3ccc(S(=O)(=O)N4CCCCCC4)cc3)n2)cc1. The van der Waals surface area contributed by atoms with Gasteiger partial charge in [-0.25, -0.2) is 13.4 Å². The van der Waals surface area contributed by atoms with Gasteiger partial charge in [-0.2, -0.15) is 4.31 Å². The number of hydrogen-bond donors (Lipinski definition) is 1. The fourth-order valence-electron chi connectivity index (χ4n) is 3.88. The number of sulfonamides is 1. The minimum atomic E-state index is -3.53. The molecule has 0 atom stereocenters. The highest BCUT2D eigenvalue weighted by Crippen LogP contribution is 2.27. The van der Waals surface area contributed by atoms with Crippen molar-refractivity contribution in [2.45, 2.75) is 50.3 Å². The number of amides is 1. The highest BCUT2D eigenvalue weighted by molar-refractivity contribution is 7.89. The number of benzene rings is 2. The van der Waals surface area contributed by atoms with E-state index in [1.54, 1.807) is 16.4 Å². The van der Waals surface area contributed by atoms with E-state index in [4.69, 9.17) is 0 Å². The number of carbonyl (C=O) groups excluding carboxylic acids is 1. The fraction of sp³-hybridized carbons (Fsp3) is 0.360. The lowest BCUT2D eigenvalue weighted by Gasteiger charge is -2.20. The fourth-order valence-corrected chi connectivity index (χ4v) is 6.11. The Bertz CT molecular complexity index is 1190. The first-order valence-electron chi connectivity index (χ1n) is 11.3. The van der Waals surface area contributed by atoms with Crippen LogP contribution in [0.5, 0.6) is 0 Å². The molecule has 1 aliphatic heterocycles. The van der Waals surface area contributed by atoms with Crippen molar-refractivity contribution < 1.29 is 13.2 Å². The summed E-state index contributed by atoms with van der Waals surface area (Å²) in [5.74, 6) is 0.153.